The third-order valence-electron chi connectivity index (χ3n) is 2.42. The average molecular weight is 256 g/mol. The lowest BCUT2D eigenvalue weighted by atomic mass is 9.94. The van der Waals surface area contributed by atoms with E-state index in [0.717, 1.165) is 0 Å². The molecule has 96 valence electrons. The molecule has 0 saturated carbocycles. The molecule has 0 atom stereocenters. The van der Waals surface area contributed by atoms with E-state index in [9.17, 15) is 9.59 Å². The fraction of sp³-hybridized carbons (Fsp3) is 0.500. The van der Waals surface area contributed by atoms with Gasteiger partial charge in [-0.1, -0.05) is 27.0 Å². The number of thiol groups is 1. The summed E-state index contributed by atoms with van der Waals surface area (Å²) in [6, 6.07) is 0. The summed E-state index contributed by atoms with van der Waals surface area (Å²) in [4.78, 5) is 22.2. The predicted octanol–water partition coefficient (Wildman–Crippen LogP) is 0.915. The second-order valence-corrected chi connectivity index (χ2v) is 5.40. The lowest BCUT2D eigenvalue weighted by Crippen LogP contribution is -2.43. The molecule has 0 aliphatic heterocycles. The van der Waals surface area contributed by atoms with Crippen LogP contribution in [-0.4, -0.2) is 29.7 Å². The van der Waals surface area contributed by atoms with Crippen LogP contribution in [0, 0.1) is 5.92 Å². The zero-order valence-electron chi connectivity index (χ0n) is 10.3. The molecular weight excluding hydrogens is 236 g/mol. The van der Waals surface area contributed by atoms with E-state index in [1.165, 1.54) is 12.2 Å². The van der Waals surface area contributed by atoms with Crippen LogP contribution in [0.4, 0.5) is 0 Å². The second-order valence-electron chi connectivity index (χ2n) is 4.25. The maximum Gasteiger partial charge on any atom is 0.243 e. The number of hydrogen-bond acceptors (Lipinski definition) is 3. The van der Waals surface area contributed by atoms with E-state index < -0.39 is 0 Å². The van der Waals surface area contributed by atoms with Crippen molar-refractivity contribution in [2.45, 2.75) is 18.6 Å². The van der Waals surface area contributed by atoms with Gasteiger partial charge in [0.2, 0.25) is 11.8 Å². The Morgan fingerprint density at radius 2 is 1.53 bits per heavy atom. The smallest absolute Gasteiger partial charge is 0.243 e. The van der Waals surface area contributed by atoms with Crippen molar-refractivity contribution in [2.24, 2.45) is 5.92 Å². The number of amides is 2. The van der Waals surface area contributed by atoms with E-state index in [-0.39, 0.29) is 22.5 Å². The average Bonchev–Trinajstić information content (AvgIpc) is 2.26. The van der Waals surface area contributed by atoms with Gasteiger partial charge in [0.15, 0.2) is 0 Å². The molecule has 2 N–H and O–H groups in total. The highest BCUT2D eigenvalue weighted by Gasteiger charge is 2.26. The van der Waals surface area contributed by atoms with Crippen molar-refractivity contribution in [3.63, 3.8) is 0 Å². The molecule has 0 bridgehead atoms. The topological polar surface area (TPSA) is 58.2 Å². The maximum atomic E-state index is 11.1. The van der Waals surface area contributed by atoms with Crippen LogP contribution >= 0.6 is 12.6 Å². The number of hydrogen-bond donors (Lipinski definition) is 3. The fourth-order valence-electron chi connectivity index (χ4n) is 1.16. The molecule has 0 saturated heterocycles. The number of nitrogens with one attached hydrogen (secondary N) is 2. The van der Waals surface area contributed by atoms with Gasteiger partial charge in [-0.05, 0) is 12.2 Å². The van der Waals surface area contributed by atoms with Crippen molar-refractivity contribution in [3.8, 4) is 0 Å². The zero-order chi connectivity index (χ0) is 13.5. The van der Waals surface area contributed by atoms with Crippen molar-refractivity contribution in [1.29, 1.82) is 0 Å². The molecule has 0 heterocycles. The van der Waals surface area contributed by atoms with Crippen LogP contribution in [0.5, 0.6) is 0 Å². The van der Waals surface area contributed by atoms with E-state index >= 15 is 0 Å². The van der Waals surface area contributed by atoms with Gasteiger partial charge in [0.25, 0.3) is 0 Å². The third kappa shape index (κ3) is 6.84. The van der Waals surface area contributed by atoms with Crippen LogP contribution in [0.3, 0.4) is 0 Å². The van der Waals surface area contributed by atoms with Gasteiger partial charge < -0.3 is 10.6 Å². The molecule has 0 aromatic carbocycles. The zero-order valence-corrected chi connectivity index (χ0v) is 11.2. The molecule has 17 heavy (non-hydrogen) atoms. The molecular formula is C12H20N2O2S. The first-order valence-corrected chi connectivity index (χ1v) is 5.79. The summed E-state index contributed by atoms with van der Waals surface area (Å²) >= 11 is 4.46. The van der Waals surface area contributed by atoms with Gasteiger partial charge in [-0.3, -0.25) is 9.59 Å². The molecule has 5 heteroatoms. The highest BCUT2D eigenvalue weighted by atomic mass is 32.1. The molecule has 0 aliphatic carbocycles. The Balaban J connectivity index is 4.34. The normalized spacial score (nSPS) is 10.8. The van der Waals surface area contributed by atoms with Gasteiger partial charge >= 0.3 is 0 Å². The van der Waals surface area contributed by atoms with Crippen molar-refractivity contribution in [2.75, 3.05) is 13.1 Å². The van der Waals surface area contributed by atoms with Gasteiger partial charge in [0.1, 0.15) is 0 Å². The molecule has 0 aromatic heterocycles. The number of carbonyl (C=O) groups excluding carboxylic acids is 2. The van der Waals surface area contributed by atoms with Gasteiger partial charge in [0.05, 0.1) is 0 Å². The summed E-state index contributed by atoms with van der Waals surface area (Å²) < 4.78 is -0.317. The van der Waals surface area contributed by atoms with Crippen LogP contribution < -0.4 is 10.6 Å². The van der Waals surface area contributed by atoms with Crippen molar-refractivity contribution < 1.29 is 9.59 Å². The van der Waals surface area contributed by atoms with E-state index in [1.807, 2.05) is 13.8 Å². The molecule has 0 spiro atoms. The minimum Gasteiger partial charge on any atom is -0.352 e. The minimum absolute atomic E-state index is 0.0126. The van der Waals surface area contributed by atoms with Crippen molar-refractivity contribution >= 4 is 24.4 Å². The summed E-state index contributed by atoms with van der Waals surface area (Å²) in [6.07, 6.45) is 2.43. The number of rotatable bonds is 7. The first kappa shape index (κ1) is 15.8. The number of carbonyl (C=O) groups is 2. The SMILES string of the molecule is C=CC(=O)NCC(CNC(=O)C=C)C(C)(C)S. The second kappa shape index (κ2) is 7.17. The molecule has 4 nitrogen and oxygen atoms in total. The Kier molecular flexibility index (Phi) is 6.65. The molecule has 2 amide bonds. The molecule has 0 fully saturated rings. The van der Waals surface area contributed by atoms with E-state index in [2.05, 4.69) is 36.4 Å². The standard InChI is InChI=1S/C12H20N2O2S/c1-5-10(15)13-7-9(12(3,4)17)8-14-11(16)6-2/h5-6,9,17H,1-2,7-8H2,3-4H3,(H,13,15)(H,14,16). The summed E-state index contributed by atoms with van der Waals surface area (Å²) in [5, 5.41) is 5.40. The minimum atomic E-state index is -0.317. The van der Waals surface area contributed by atoms with Crippen LogP contribution in [0.25, 0.3) is 0 Å². The van der Waals surface area contributed by atoms with Crippen molar-refractivity contribution in [1.82, 2.24) is 10.6 Å². The monoisotopic (exact) mass is 256 g/mol. The van der Waals surface area contributed by atoms with E-state index in [0.29, 0.717) is 13.1 Å². The lowest BCUT2D eigenvalue weighted by molar-refractivity contribution is -0.116. The van der Waals surface area contributed by atoms with Gasteiger partial charge in [-0.15, -0.1) is 0 Å². The Labute approximate surface area is 108 Å². The lowest BCUT2D eigenvalue weighted by Gasteiger charge is -2.29. The van der Waals surface area contributed by atoms with Crippen LogP contribution in [0.2, 0.25) is 0 Å². The first-order chi connectivity index (χ1) is 7.81. The van der Waals surface area contributed by atoms with Gasteiger partial charge in [-0.25, -0.2) is 0 Å². The summed E-state index contributed by atoms with van der Waals surface area (Å²) in [5.74, 6) is -0.455. The molecule has 0 aromatic rings. The van der Waals surface area contributed by atoms with Crippen molar-refractivity contribution in [3.05, 3.63) is 25.3 Å². The van der Waals surface area contributed by atoms with Gasteiger partial charge in [0, 0.05) is 23.8 Å². The molecule has 0 aliphatic rings. The maximum absolute atomic E-state index is 11.1. The van der Waals surface area contributed by atoms with E-state index in [1.54, 1.807) is 0 Å². The van der Waals surface area contributed by atoms with E-state index in [4.69, 9.17) is 0 Å². The largest absolute Gasteiger partial charge is 0.352 e. The highest BCUT2D eigenvalue weighted by molar-refractivity contribution is 7.81. The predicted molar refractivity (Wildman–Crippen MR) is 73.0 cm³/mol. The highest BCUT2D eigenvalue weighted by Crippen LogP contribution is 2.22. The Morgan fingerprint density at radius 3 is 1.76 bits per heavy atom. The molecule has 0 rings (SSSR count). The Bertz CT molecular complexity index is 284. The quantitative estimate of drug-likeness (QED) is 0.468. The Hall–Kier alpha value is -1.23. The summed E-state index contributed by atoms with van der Waals surface area (Å²) in [5.41, 5.74) is 0. The summed E-state index contributed by atoms with van der Waals surface area (Å²) in [7, 11) is 0. The summed E-state index contributed by atoms with van der Waals surface area (Å²) in [6.45, 7) is 11.5. The third-order valence-corrected chi connectivity index (χ3v) is 2.78. The molecule has 0 radical (unpaired) electrons. The first-order valence-electron chi connectivity index (χ1n) is 5.34. The van der Waals surface area contributed by atoms with Crippen LogP contribution in [0.1, 0.15) is 13.8 Å². The van der Waals surface area contributed by atoms with Gasteiger partial charge in [-0.2, -0.15) is 12.6 Å². The van der Waals surface area contributed by atoms with Crippen LogP contribution in [0.15, 0.2) is 25.3 Å². The molecule has 0 unspecified atom stereocenters. The Morgan fingerprint density at radius 1 is 1.18 bits per heavy atom. The fourth-order valence-corrected chi connectivity index (χ4v) is 1.35. The van der Waals surface area contributed by atoms with Crippen LogP contribution in [-0.2, 0) is 9.59 Å².